The Balaban J connectivity index is 2.20. The van der Waals surface area contributed by atoms with Gasteiger partial charge in [-0.2, -0.15) is 0 Å². The molecule has 1 aromatic carbocycles. The lowest BCUT2D eigenvalue weighted by atomic mass is 9.93. The molecule has 3 heteroatoms. The van der Waals surface area contributed by atoms with E-state index in [1.807, 2.05) is 6.07 Å². The fourth-order valence-corrected chi connectivity index (χ4v) is 3.44. The van der Waals surface area contributed by atoms with Crippen molar-refractivity contribution in [2.24, 2.45) is 0 Å². The highest BCUT2D eigenvalue weighted by Crippen LogP contribution is 2.29. The average Bonchev–Trinajstić information content (AvgIpc) is 2.73. The van der Waals surface area contributed by atoms with Crippen LogP contribution in [0.3, 0.4) is 0 Å². The summed E-state index contributed by atoms with van der Waals surface area (Å²) < 4.78 is 0.845. The molecule has 0 radical (unpaired) electrons. The number of rotatable bonds is 4. The Morgan fingerprint density at radius 1 is 1.18 bits per heavy atom. The number of hydrogen-bond donors (Lipinski definition) is 0. The molecule has 0 nitrogen and oxygen atoms in total. The van der Waals surface area contributed by atoms with E-state index >= 15 is 0 Å². The Hall–Kier alpha value is -0.500. The first-order valence-electron chi connectivity index (χ1n) is 5.56. The maximum Gasteiger partial charge on any atom is 0.0931 e. The molecule has 0 amide bonds. The Morgan fingerprint density at radius 3 is 2.53 bits per heavy atom. The number of alkyl halides is 1. The molecular formula is C14H14Cl2S. The molecule has 0 spiro atoms. The highest BCUT2D eigenvalue weighted by Gasteiger charge is 2.14. The lowest BCUT2D eigenvalue weighted by Gasteiger charge is -2.15. The predicted octanol–water partition coefficient (Wildman–Crippen LogP) is 5.28. The molecule has 0 aliphatic heterocycles. The monoisotopic (exact) mass is 284 g/mol. The van der Waals surface area contributed by atoms with Gasteiger partial charge in [0.15, 0.2) is 0 Å². The van der Waals surface area contributed by atoms with Crippen molar-refractivity contribution < 1.29 is 0 Å². The molecule has 0 N–H and O–H groups in total. The van der Waals surface area contributed by atoms with Gasteiger partial charge in [-0.05, 0) is 36.6 Å². The van der Waals surface area contributed by atoms with Gasteiger partial charge in [-0.25, -0.2) is 0 Å². The molecule has 1 unspecified atom stereocenters. The fourth-order valence-electron chi connectivity index (χ4n) is 2.00. The molecule has 17 heavy (non-hydrogen) atoms. The molecule has 1 heterocycles. The van der Waals surface area contributed by atoms with Crippen LogP contribution in [0.25, 0.3) is 0 Å². The summed E-state index contributed by atoms with van der Waals surface area (Å²) in [6.45, 7) is 2.14. The van der Waals surface area contributed by atoms with E-state index in [0.717, 1.165) is 10.8 Å². The van der Waals surface area contributed by atoms with Crippen molar-refractivity contribution in [2.75, 3.05) is 5.88 Å². The molecule has 0 aliphatic carbocycles. The van der Waals surface area contributed by atoms with Gasteiger partial charge in [-0.15, -0.1) is 22.9 Å². The van der Waals surface area contributed by atoms with Crippen molar-refractivity contribution >= 4 is 34.5 Å². The molecule has 0 saturated heterocycles. The number of hydrogen-bond acceptors (Lipinski definition) is 1. The number of halogens is 2. The minimum Gasteiger partial charge on any atom is -0.128 e. The molecular weight excluding hydrogens is 271 g/mol. The van der Waals surface area contributed by atoms with Crippen LogP contribution in [0.2, 0.25) is 4.34 Å². The second-order valence-electron chi connectivity index (χ2n) is 4.12. The smallest absolute Gasteiger partial charge is 0.0931 e. The van der Waals surface area contributed by atoms with Gasteiger partial charge in [0.1, 0.15) is 0 Å². The van der Waals surface area contributed by atoms with Gasteiger partial charge in [0.05, 0.1) is 4.34 Å². The van der Waals surface area contributed by atoms with E-state index < -0.39 is 0 Å². The normalized spacial score (nSPS) is 12.6. The van der Waals surface area contributed by atoms with Crippen LogP contribution >= 0.6 is 34.5 Å². The summed E-state index contributed by atoms with van der Waals surface area (Å²) in [4.78, 5) is 1.30. The first kappa shape index (κ1) is 12.9. The second-order valence-corrected chi connectivity index (χ2v) is 6.23. The average molecular weight is 285 g/mol. The Bertz CT molecular complexity index is 490. The summed E-state index contributed by atoms with van der Waals surface area (Å²) in [7, 11) is 0. The van der Waals surface area contributed by atoms with Crippen LogP contribution in [0.15, 0.2) is 36.4 Å². The van der Waals surface area contributed by atoms with Crippen molar-refractivity contribution in [3.05, 3.63) is 56.7 Å². The zero-order chi connectivity index (χ0) is 12.3. The highest BCUT2D eigenvalue weighted by atomic mass is 35.5. The molecule has 2 rings (SSSR count). The maximum atomic E-state index is 6.10. The van der Waals surface area contributed by atoms with E-state index in [9.17, 15) is 0 Å². The molecule has 0 fully saturated rings. The predicted molar refractivity (Wildman–Crippen MR) is 77.7 cm³/mol. The zero-order valence-corrected chi connectivity index (χ0v) is 11.9. The largest absolute Gasteiger partial charge is 0.128 e. The number of thiophene rings is 1. The van der Waals surface area contributed by atoms with Crippen LogP contribution in [-0.4, -0.2) is 5.88 Å². The van der Waals surface area contributed by atoms with Crippen molar-refractivity contribution in [3.8, 4) is 0 Å². The Morgan fingerprint density at radius 2 is 1.94 bits per heavy atom. The van der Waals surface area contributed by atoms with Gasteiger partial charge >= 0.3 is 0 Å². The number of aryl methyl sites for hydroxylation is 1. The molecule has 0 aliphatic rings. The third-order valence-corrected chi connectivity index (χ3v) is 4.52. The van der Waals surface area contributed by atoms with Crippen LogP contribution in [0.5, 0.6) is 0 Å². The van der Waals surface area contributed by atoms with Crippen LogP contribution in [0.1, 0.15) is 21.9 Å². The zero-order valence-electron chi connectivity index (χ0n) is 9.62. The molecule has 2 aromatic rings. The molecule has 90 valence electrons. The summed E-state index contributed by atoms with van der Waals surface area (Å²) >= 11 is 13.7. The Kier molecular flexibility index (Phi) is 4.49. The summed E-state index contributed by atoms with van der Waals surface area (Å²) in [5, 5.41) is 0. The van der Waals surface area contributed by atoms with Crippen LogP contribution in [0.4, 0.5) is 0 Å². The van der Waals surface area contributed by atoms with E-state index in [4.69, 9.17) is 23.2 Å². The van der Waals surface area contributed by atoms with Gasteiger partial charge in [-0.1, -0.05) is 35.9 Å². The van der Waals surface area contributed by atoms with E-state index in [1.54, 1.807) is 11.3 Å². The summed E-state index contributed by atoms with van der Waals surface area (Å²) in [6.07, 6.45) is 0.964. The molecule has 0 bridgehead atoms. The van der Waals surface area contributed by atoms with Gasteiger partial charge in [0, 0.05) is 16.7 Å². The molecule has 1 atom stereocenters. The summed E-state index contributed by atoms with van der Waals surface area (Å²) in [5.74, 6) is 1.01. The topological polar surface area (TPSA) is 0 Å². The first-order valence-corrected chi connectivity index (χ1v) is 7.29. The lowest BCUT2D eigenvalue weighted by molar-refractivity contribution is 0.769. The minimum atomic E-state index is 0.368. The molecule has 0 saturated carbocycles. The van der Waals surface area contributed by atoms with Crippen molar-refractivity contribution in [1.82, 2.24) is 0 Å². The van der Waals surface area contributed by atoms with Crippen molar-refractivity contribution in [2.45, 2.75) is 19.3 Å². The standard InChI is InChI=1S/C14H14Cl2S/c1-10-4-2-3-5-13(10)11(9-15)8-12-6-7-14(16)17-12/h2-7,11H,8-9H2,1H3. The maximum absolute atomic E-state index is 6.10. The van der Waals surface area contributed by atoms with Gasteiger partial charge in [0.25, 0.3) is 0 Å². The highest BCUT2D eigenvalue weighted by molar-refractivity contribution is 7.16. The van der Waals surface area contributed by atoms with Gasteiger partial charge in [0.2, 0.25) is 0 Å². The Labute approximate surface area is 116 Å². The fraction of sp³-hybridized carbons (Fsp3) is 0.286. The third kappa shape index (κ3) is 3.25. The van der Waals surface area contributed by atoms with Gasteiger partial charge < -0.3 is 0 Å². The minimum absolute atomic E-state index is 0.368. The number of benzene rings is 1. The van der Waals surface area contributed by atoms with Gasteiger partial charge in [-0.3, -0.25) is 0 Å². The summed E-state index contributed by atoms with van der Waals surface area (Å²) in [6, 6.07) is 12.5. The van der Waals surface area contributed by atoms with E-state index in [2.05, 4.69) is 37.3 Å². The second kappa shape index (κ2) is 5.90. The van der Waals surface area contributed by atoms with E-state index in [-0.39, 0.29) is 0 Å². The van der Waals surface area contributed by atoms with Crippen LogP contribution < -0.4 is 0 Å². The quantitative estimate of drug-likeness (QED) is 0.671. The SMILES string of the molecule is Cc1ccccc1C(CCl)Cc1ccc(Cl)s1. The van der Waals surface area contributed by atoms with E-state index in [0.29, 0.717) is 11.8 Å². The van der Waals surface area contributed by atoms with Crippen molar-refractivity contribution in [3.63, 3.8) is 0 Å². The van der Waals surface area contributed by atoms with E-state index in [1.165, 1.54) is 16.0 Å². The van der Waals surface area contributed by atoms with Crippen molar-refractivity contribution in [1.29, 1.82) is 0 Å². The van der Waals surface area contributed by atoms with Crippen LogP contribution in [0, 0.1) is 6.92 Å². The molecule has 1 aromatic heterocycles. The lowest BCUT2D eigenvalue weighted by Crippen LogP contribution is -2.05. The van der Waals surface area contributed by atoms with Crippen LogP contribution in [-0.2, 0) is 6.42 Å². The summed E-state index contributed by atoms with van der Waals surface area (Å²) in [5.41, 5.74) is 2.65. The first-order chi connectivity index (χ1) is 8.20. The third-order valence-electron chi connectivity index (χ3n) is 2.89.